The highest BCUT2D eigenvalue weighted by molar-refractivity contribution is 5.84. The number of aliphatic carboxylic acids is 1. The van der Waals surface area contributed by atoms with E-state index in [0.29, 0.717) is 84.7 Å². The number of nitrogens with two attached hydrogens (primary N) is 1. The summed E-state index contributed by atoms with van der Waals surface area (Å²) < 4.78 is 13.6. The molecular formula is C90H101N25O8. The Morgan fingerprint density at radius 3 is 0.886 bits per heavy atom. The average Bonchev–Trinajstić information content (AvgIpc) is 1.58. The summed E-state index contributed by atoms with van der Waals surface area (Å²) in [5.74, 6) is 4.90. The average molecular weight is 1660 g/mol. The number of aryl methyl sites for hydroxylation is 5. The quantitative estimate of drug-likeness (QED) is 0.0532. The van der Waals surface area contributed by atoms with Crippen LogP contribution in [0.2, 0.25) is 0 Å². The van der Waals surface area contributed by atoms with Gasteiger partial charge in [-0.3, -0.25) is 56.4 Å². The van der Waals surface area contributed by atoms with Gasteiger partial charge in [-0.1, -0.05) is 177 Å². The Labute approximate surface area is 706 Å². The predicted octanol–water partition coefficient (Wildman–Crippen LogP) is 10.2. The van der Waals surface area contributed by atoms with E-state index >= 15 is 0 Å². The molecule has 5 aliphatic heterocycles. The van der Waals surface area contributed by atoms with E-state index in [-0.39, 0.29) is 110 Å². The van der Waals surface area contributed by atoms with Crippen molar-refractivity contribution in [2.75, 3.05) is 26.6 Å². The number of carbonyl (C=O) groups excluding carboxylic acids is 1. The van der Waals surface area contributed by atoms with E-state index in [1.165, 1.54) is 44.5 Å². The fourth-order valence-corrected chi connectivity index (χ4v) is 16.0. The number of hydrogen-bond donors (Lipinski definition) is 8. The van der Waals surface area contributed by atoms with Crippen LogP contribution in [0.25, 0.3) is 16.6 Å². The Morgan fingerprint density at radius 2 is 0.634 bits per heavy atom. The molecule has 9 N–H and O–H groups in total. The first-order valence-corrected chi connectivity index (χ1v) is 42.2. The van der Waals surface area contributed by atoms with Crippen LogP contribution in [0, 0.1) is 45.4 Å². The molecule has 3 unspecified atom stereocenters. The van der Waals surface area contributed by atoms with Crippen molar-refractivity contribution < 1.29 is 14.7 Å². The molecule has 23 rings (SSSR count). The van der Waals surface area contributed by atoms with E-state index in [4.69, 9.17) is 10.8 Å². The second-order valence-electron chi connectivity index (χ2n) is 36.2. The van der Waals surface area contributed by atoms with Crippen LogP contribution >= 0.6 is 0 Å². The number of hydrogen-bond acceptors (Lipinski definition) is 23. The molecule has 5 atom stereocenters. The number of carboxylic acids is 1. The van der Waals surface area contributed by atoms with Gasteiger partial charge in [0.15, 0.2) is 16.6 Å². The molecule has 5 aliphatic carbocycles. The summed E-state index contributed by atoms with van der Waals surface area (Å²) >= 11 is 0. The fourth-order valence-electron chi connectivity index (χ4n) is 16.0. The molecule has 33 nitrogen and oxygen atoms in total. The standard InChI is InChI=1S/C18H21N5O2.3C18H19N5O.C13H15N5O.C5H8O2/c1-11-3-5-12(6-4-11)14-10-23-15(24)13(21-22-17(23)20-14)9-19-16(25)18(2)7-8-18;3*1-11-3-5-12(6-4-11)13-10-22-15(24)14-9-19-16(18(2)7-8-18)23(14)21-17(22)20-13;1-8-2-4-9(5-3-8)11-7-18-12(19)10(6-14)16-17-13(18)15-11;1-5(2-3-5)4(6)7/h3-6,14H,7-10H2,1-2H3,(H,19,25)(H,20,22);3*3-6,9,13H,7-8,10H2,1-2H3,(H,20,21);2-5,11H,6-7,14H2,1H3,(H,15,17);2-3H2,1H3,(H,6,7)/t;2*13-;;;/m.10.../s1. The first-order valence-electron chi connectivity index (χ1n) is 42.2. The first-order chi connectivity index (χ1) is 58.9. The first kappa shape index (κ1) is 80.7. The summed E-state index contributed by atoms with van der Waals surface area (Å²) in [5, 5.41) is 57.8. The third-order valence-corrected chi connectivity index (χ3v) is 26.0. The van der Waals surface area contributed by atoms with E-state index < -0.39 is 5.97 Å². The van der Waals surface area contributed by atoms with Gasteiger partial charge in [-0.2, -0.15) is 0 Å². The topological polar surface area (TPSA) is 405 Å². The number of carboxylic acid groups (broad SMARTS) is 1. The molecule has 8 aromatic heterocycles. The zero-order chi connectivity index (χ0) is 85.9. The molecule has 33 heteroatoms. The largest absolute Gasteiger partial charge is 0.481 e. The predicted molar refractivity (Wildman–Crippen MR) is 464 cm³/mol. The number of benzene rings is 5. The van der Waals surface area contributed by atoms with E-state index in [9.17, 15) is 33.6 Å². The van der Waals surface area contributed by atoms with Gasteiger partial charge < -0.3 is 42.7 Å². The number of fused-ring (bicyclic) bond motifs is 8. The molecule has 0 spiro atoms. The Kier molecular flexibility index (Phi) is 20.3. The van der Waals surface area contributed by atoms with Crippen LogP contribution in [0.1, 0.15) is 214 Å². The lowest BCUT2D eigenvalue weighted by atomic mass is 10.1. The van der Waals surface area contributed by atoms with E-state index in [2.05, 4.69) is 233 Å². The van der Waals surface area contributed by atoms with E-state index in [1.807, 2.05) is 32.9 Å². The molecule has 5 fully saturated rings. The van der Waals surface area contributed by atoms with Gasteiger partial charge >= 0.3 is 5.97 Å². The summed E-state index contributed by atoms with van der Waals surface area (Å²) in [4.78, 5) is 98.7. The summed E-state index contributed by atoms with van der Waals surface area (Å²) in [5.41, 5.74) is 18.7. The van der Waals surface area contributed by atoms with Crippen molar-refractivity contribution >= 4 is 58.2 Å². The van der Waals surface area contributed by atoms with Crippen molar-refractivity contribution in [3.05, 3.63) is 276 Å². The van der Waals surface area contributed by atoms with Crippen molar-refractivity contribution in [2.24, 2.45) is 16.6 Å². The van der Waals surface area contributed by atoms with Gasteiger partial charge in [-0.15, -0.1) is 35.7 Å². The highest BCUT2D eigenvalue weighted by Crippen LogP contribution is 2.50. The highest BCUT2D eigenvalue weighted by Gasteiger charge is 2.48. The van der Waals surface area contributed by atoms with Gasteiger partial charge in [0.25, 0.3) is 27.8 Å². The molecule has 634 valence electrons. The number of imidazole rings is 3. The number of aromatic nitrogens is 18. The maximum Gasteiger partial charge on any atom is 0.309 e. The Hall–Kier alpha value is -13.3. The molecule has 0 saturated heterocycles. The minimum atomic E-state index is -0.646. The van der Waals surface area contributed by atoms with Crippen LogP contribution in [-0.4, -0.2) is 104 Å². The van der Waals surface area contributed by atoms with Crippen molar-refractivity contribution in [3.63, 3.8) is 0 Å². The maximum atomic E-state index is 12.8. The van der Waals surface area contributed by atoms with Crippen LogP contribution in [0.15, 0.2) is 164 Å². The second kappa shape index (κ2) is 31.0. The summed E-state index contributed by atoms with van der Waals surface area (Å²) in [7, 11) is 0. The molecule has 10 aliphatic rings. The molecular weight excluding hydrogens is 1560 g/mol. The molecule has 13 heterocycles. The van der Waals surface area contributed by atoms with Crippen LogP contribution in [0.5, 0.6) is 0 Å². The van der Waals surface area contributed by atoms with Crippen LogP contribution < -0.4 is 65.4 Å². The summed E-state index contributed by atoms with van der Waals surface area (Å²) in [6.07, 6.45) is 15.1. The van der Waals surface area contributed by atoms with Gasteiger partial charge in [0.05, 0.1) is 93.5 Å². The van der Waals surface area contributed by atoms with E-state index in [1.54, 1.807) is 61.9 Å². The monoisotopic (exact) mass is 1660 g/mol. The lowest BCUT2D eigenvalue weighted by Gasteiger charge is -2.10. The zero-order valence-corrected chi connectivity index (χ0v) is 70.6. The minimum Gasteiger partial charge on any atom is -0.481 e. The molecule has 123 heavy (non-hydrogen) atoms. The number of amides is 1. The molecule has 5 aromatic carbocycles. The van der Waals surface area contributed by atoms with Crippen LogP contribution in [0.4, 0.5) is 29.7 Å². The summed E-state index contributed by atoms with van der Waals surface area (Å²) in [6.45, 7) is 23.6. The summed E-state index contributed by atoms with van der Waals surface area (Å²) in [6, 6.07) is 41.9. The van der Waals surface area contributed by atoms with Crippen LogP contribution in [0.3, 0.4) is 0 Å². The molecule has 1 amide bonds. The number of nitrogens with zero attached hydrogens (tertiary/aromatic N) is 18. The van der Waals surface area contributed by atoms with Crippen molar-refractivity contribution in [1.82, 2.24) is 92.3 Å². The third-order valence-electron chi connectivity index (χ3n) is 26.0. The smallest absolute Gasteiger partial charge is 0.309 e. The maximum absolute atomic E-state index is 12.8. The highest BCUT2D eigenvalue weighted by atomic mass is 16.4. The van der Waals surface area contributed by atoms with Crippen molar-refractivity contribution in [2.45, 2.75) is 226 Å². The van der Waals surface area contributed by atoms with Gasteiger partial charge in [0.1, 0.15) is 28.9 Å². The van der Waals surface area contributed by atoms with Gasteiger partial charge in [0, 0.05) is 28.2 Å². The normalized spacial score (nSPS) is 20.2. The number of anilines is 5. The molecule has 0 radical (unpaired) electrons. The Morgan fingerprint density at radius 1 is 0.374 bits per heavy atom. The second-order valence-corrected chi connectivity index (χ2v) is 36.2. The minimum absolute atomic E-state index is 0.00202. The lowest BCUT2D eigenvalue weighted by molar-refractivity contribution is -0.142. The number of rotatable bonds is 13. The SMILES string of the molecule is CC1(C(=O)O)CC1.Cc1ccc(C2Cn3c(nn4c(C5(C)CC5)ncc4c3=O)N2)cc1.Cc1ccc(C2Cn3c(nnc(CN)c3=O)N2)cc1.Cc1ccc(C2Cn3c(nnc(CNC(=O)C4(C)CC4)c3=O)N2)cc1.Cc1ccc([C@@H]2Cn3c(nn4c(C5(C)CC5)ncc4c3=O)N2)cc1.Cc1ccc([C@H]2Cn3c(nn4c(C5(C)CC5)ncc4c3=O)N2)cc1. The van der Waals surface area contributed by atoms with Crippen molar-refractivity contribution in [1.29, 1.82) is 0 Å². The zero-order valence-electron chi connectivity index (χ0n) is 70.6. The third kappa shape index (κ3) is 15.8. The van der Waals surface area contributed by atoms with E-state index in [0.717, 1.165) is 92.8 Å². The van der Waals surface area contributed by atoms with Gasteiger partial charge in [0.2, 0.25) is 35.6 Å². The Balaban J connectivity index is 0.000000103. The van der Waals surface area contributed by atoms with Crippen LogP contribution in [-0.2, 0) is 71.6 Å². The Bertz CT molecular complexity index is 6240. The molecule has 5 saturated carbocycles. The lowest BCUT2D eigenvalue weighted by Crippen LogP contribution is -2.34. The van der Waals surface area contributed by atoms with Gasteiger partial charge in [-0.25, -0.2) is 28.5 Å². The van der Waals surface area contributed by atoms with Crippen molar-refractivity contribution in [3.8, 4) is 0 Å². The molecule has 13 aromatic rings. The fraction of sp³-hybridized carbons (Fsp3) is 0.411. The van der Waals surface area contributed by atoms with Gasteiger partial charge in [-0.05, 0) is 134 Å². The number of carbonyl (C=O) groups is 2. The molecule has 0 bridgehead atoms. The number of nitrogens with one attached hydrogen (secondary N) is 6.